The third-order valence-electron chi connectivity index (χ3n) is 3.00. The van der Waals surface area contributed by atoms with E-state index in [-0.39, 0.29) is 12.4 Å². The number of hydrogen-bond acceptors (Lipinski definition) is 2. The summed E-state index contributed by atoms with van der Waals surface area (Å²) in [6.07, 6.45) is 0. The molecule has 0 aromatic heterocycles. The van der Waals surface area contributed by atoms with Crippen molar-refractivity contribution in [2.45, 2.75) is 13.8 Å². The number of benzene rings is 2. The molecular formula is C16H13I3O2. The van der Waals surface area contributed by atoms with Crippen molar-refractivity contribution in [2.24, 2.45) is 0 Å². The second-order valence-electron chi connectivity index (χ2n) is 4.73. The van der Waals surface area contributed by atoms with Crippen LogP contribution >= 0.6 is 67.8 Å². The lowest BCUT2D eigenvalue weighted by molar-refractivity contribution is 0.0919. The van der Waals surface area contributed by atoms with Gasteiger partial charge in [-0.05, 0) is 105 Å². The first-order chi connectivity index (χ1) is 9.88. The highest BCUT2D eigenvalue weighted by molar-refractivity contribution is 14.1. The van der Waals surface area contributed by atoms with Crippen LogP contribution < -0.4 is 4.74 Å². The maximum Gasteiger partial charge on any atom is 0.200 e. The first-order valence-corrected chi connectivity index (χ1v) is 9.50. The van der Waals surface area contributed by atoms with Crippen LogP contribution in [-0.2, 0) is 0 Å². The summed E-state index contributed by atoms with van der Waals surface area (Å²) in [5.41, 5.74) is 2.81. The smallest absolute Gasteiger partial charge is 0.200 e. The molecule has 0 N–H and O–H groups in total. The van der Waals surface area contributed by atoms with E-state index in [0.29, 0.717) is 0 Å². The van der Waals surface area contributed by atoms with Gasteiger partial charge in [0.2, 0.25) is 0 Å². The molecule has 0 fully saturated rings. The normalized spacial score (nSPS) is 10.5. The molecule has 2 nitrogen and oxygen atoms in total. The Labute approximate surface area is 165 Å². The topological polar surface area (TPSA) is 26.3 Å². The van der Waals surface area contributed by atoms with Gasteiger partial charge in [-0.15, -0.1) is 0 Å². The van der Waals surface area contributed by atoms with Crippen molar-refractivity contribution in [1.82, 2.24) is 0 Å². The van der Waals surface area contributed by atoms with Gasteiger partial charge in [0, 0.05) is 9.13 Å². The van der Waals surface area contributed by atoms with Gasteiger partial charge < -0.3 is 4.74 Å². The van der Waals surface area contributed by atoms with Crippen molar-refractivity contribution in [1.29, 1.82) is 0 Å². The lowest BCUT2D eigenvalue weighted by Crippen LogP contribution is -2.14. The molecular weight excluding hydrogens is 605 g/mol. The van der Waals surface area contributed by atoms with E-state index >= 15 is 0 Å². The molecule has 0 amide bonds. The van der Waals surface area contributed by atoms with E-state index in [1.807, 2.05) is 44.2 Å². The van der Waals surface area contributed by atoms with Crippen LogP contribution in [-0.4, -0.2) is 12.4 Å². The number of rotatable bonds is 4. The van der Waals surface area contributed by atoms with Gasteiger partial charge in [-0.25, -0.2) is 0 Å². The number of halogens is 3. The molecule has 0 aliphatic heterocycles. The molecule has 0 saturated heterocycles. The summed E-state index contributed by atoms with van der Waals surface area (Å²) in [5, 5.41) is 0. The summed E-state index contributed by atoms with van der Waals surface area (Å²) in [6.45, 7) is 4.00. The summed E-state index contributed by atoms with van der Waals surface area (Å²) >= 11 is 6.75. The number of aryl methyl sites for hydroxylation is 2. The largest absolute Gasteiger partial charge is 0.483 e. The zero-order chi connectivity index (χ0) is 15.6. The van der Waals surface area contributed by atoms with Crippen LogP contribution in [0.2, 0.25) is 0 Å². The fourth-order valence-electron chi connectivity index (χ4n) is 1.92. The van der Waals surface area contributed by atoms with E-state index in [1.165, 1.54) is 0 Å². The zero-order valence-electron chi connectivity index (χ0n) is 11.5. The fourth-order valence-corrected chi connectivity index (χ4v) is 5.81. The zero-order valence-corrected chi connectivity index (χ0v) is 18.0. The second kappa shape index (κ2) is 7.58. The fraction of sp³-hybridized carbons (Fsp3) is 0.188. The Morgan fingerprint density at radius 3 is 2.29 bits per heavy atom. The van der Waals surface area contributed by atoms with Crippen molar-refractivity contribution in [3.05, 3.63) is 57.7 Å². The van der Waals surface area contributed by atoms with E-state index in [1.54, 1.807) is 0 Å². The summed E-state index contributed by atoms with van der Waals surface area (Å²) in [4.78, 5) is 12.3. The predicted octanol–water partition coefficient (Wildman–Crippen LogP) is 5.38. The van der Waals surface area contributed by atoms with Gasteiger partial charge in [0.1, 0.15) is 5.75 Å². The second-order valence-corrected chi connectivity index (χ2v) is 8.30. The summed E-state index contributed by atoms with van der Waals surface area (Å²) in [5.74, 6) is 0.802. The summed E-state index contributed by atoms with van der Waals surface area (Å²) < 4.78 is 8.98. The third-order valence-corrected chi connectivity index (χ3v) is 5.23. The van der Waals surface area contributed by atoms with Crippen LogP contribution in [0.4, 0.5) is 0 Å². The minimum atomic E-state index is 0.0151. The average molecular weight is 618 g/mol. The highest BCUT2D eigenvalue weighted by Crippen LogP contribution is 2.29. The van der Waals surface area contributed by atoms with E-state index < -0.39 is 0 Å². The van der Waals surface area contributed by atoms with Gasteiger partial charge in [-0.3, -0.25) is 4.79 Å². The van der Waals surface area contributed by atoms with Crippen molar-refractivity contribution in [3.63, 3.8) is 0 Å². The Morgan fingerprint density at radius 2 is 1.67 bits per heavy atom. The predicted molar refractivity (Wildman–Crippen MR) is 110 cm³/mol. The lowest BCUT2D eigenvalue weighted by Gasteiger charge is -2.11. The molecule has 21 heavy (non-hydrogen) atoms. The molecule has 0 saturated carbocycles. The Bertz CT molecular complexity index is 673. The van der Waals surface area contributed by atoms with Crippen LogP contribution in [0, 0.1) is 24.6 Å². The quantitative estimate of drug-likeness (QED) is 0.340. The monoisotopic (exact) mass is 618 g/mol. The number of carbonyl (C=O) groups excluding carboxylic acids is 1. The number of carbonyl (C=O) groups is 1. The van der Waals surface area contributed by atoms with Crippen LogP contribution in [0.5, 0.6) is 5.75 Å². The molecule has 0 bridgehead atoms. The Kier molecular flexibility index (Phi) is 6.30. The number of ketones is 1. The first-order valence-electron chi connectivity index (χ1n) is 6.26. The standard InChI is InChI=1S/C16H13I3O2/c1-9-3-4-10(2)12(5-9)15(20)8-21-16-13(18)6-11(17)7-14(16)19/h3-7H,8H2,1-2H3. The molecule has 2 aromatic carbocycles. The molecule has 0 aliphatic rings. The minimum absolute atomic E-state index is 0.0151. The Hall–Kier alpha value is 0.100. The molecule has 2 aromatic rings. The van der Waals surface area contributed by atoms with Crippen LogP contribution in [0.1, 0.15) is 21.5 Å². The van der Waals surface area contributed by atoms with Gasteiger partial charge in [0.15, 0.2) is 12.4 Å². The SMILES string of the molecule is Cc1ccc(C)c(C(=O)COc2c(I)cc(I)cc2I)c1. The Balaban J connectivity index is 2.17. The first kappa shape index (κ1) is 17.5. The highest BCUT2D eigenvalue weighted by atomic mass is 127. The van der Waals surface area contributed by atoms with Gasteiger partial charge in [0.05, 0.1) is 7.14 Å². The van der Waals surface area contributed by atoms with Crippen LogP contribution in [0.15, 0.2) is 30.3 Å². The molecule has 0 spiro atoms. The van der Waals surface area contributed by atoms with Crippen molar-refractivity contribution < 1.29 is 9.53 Å². The molecule has 2 rings (SSSR count). The van der Waals surface area contributed by atoms with Gasteiger partial charge in [0.25, 0.3) is 0 Å². The molecule has 0 radical (unpaired) electrons. The summed E-state index contributed by atoms with van der Waals surface area (Å²) in [6, 6.07) is 9.99. The molecule has 110 valence electrons. The molecule has 0 atom stereocenters. The van der Waals surface area contributed by atoms with Crippen molar-refractivity contribution in [2.75, 3.05) is 6.61 Å². The Morgan fingerprint density at radius 1 is 1.05 bits per heavy atom. The maximum absolute atomic E-state index is 12.3. The van der Waals surface area contributed by atoms with E-state index in [0.717, 1.165) is 33.2 Å². The lowest BCUT2D eigenvalue weighted by atomic mass is 10.0. The third kappa shape index (κ3) is 4.54. The van der Waals surface area contributed by atoms with E-state index in [2.05, 4.69) is 67.8 Å². The van der Waals surface area contributed by atoms with E-state index in [4.69, 9.17) is 4.74 Å². The maximum atomic E-state index is 12.3. The van der Waals surface area contributed by atoms with Gasteiger partial charge >= 0.3 is 0 Å². The molecule has 0 heterocycles. The van der Waals surface area contributed by atoms with Crippen LogP contribution in [0.3, 0.4) is 0 Å². The number of Topliss-reactive ketones (excluding diaryl/α,β-unsaturated/α-hetero) is 1. The van der Waals surface area contributed by atoms with Crippen molar-refractivity contribution in [3.8, 4) is 5.75 Å². The number of hydrogen-bond donors (Lipinski definition) is 0. The molecule has 0 unspecified atom stereocenters. The molecule has 5 heteroatoms. The van der Waals surface area contributed by atoms with E-state index in [9.17, 15) is 4.79 Å². The van der Waals surface area contributed by atoms with Crippen molar-refractivity contribution >= 4 is 73.6 Å². The number of ether oxygens (including phenoxy) is 1. The van der Waals surface area contributed by atoms with Gasteiger partial charge in [-0.1, -0.05) is 17.7 Å². The minimum Gasteiger partial charge on any atom is -0.483 e. The average Bonchev–Trinajstić information content (AvgIpc) is 2.40. The molecule has 0 aliphatic carbocycles. The summed E-state index contributed by atoms with van der Waals surface area (Å²) in [7, 11) is 0. The van der Waals surface area contributed by atoms with Gasteiger partial charge in [-0.2, -0.15) is 0 Å². The highest BCUT2D eigenvalue weighted by Gasteiger charge is 2.13. The van der Waals surface area contributed by atoms with Crippen LogP contribution in [0.25, 0.3) is 0 Å².